The van der Waals surface area contributed by atoms with E-state index in [1.54, 1.807) is 25.1 Å². The maximum Gasteiger partial charge on any atom is 0.243 e. The van der Waals surface area contributed by atoms with Crippen molar-refractivity contribution in [3.05, 3.63) is 29.3 Å². The van der Waals surface area contributed by atoms with Gasteiger partial charge in [0.05, 0.1) is 17.5 Å². The molecule has 1 fully saturated rings. The van der Waals surface area contributed by atoms with E-state index in [0.29, 0.717) is 23.5 Å². The summed E-state index contributed by atoms with van der Waals surface area (Å²) in [7, 11) is -3.56. The van der Waals surface area contributed by atoms with Crippen molar-refractivity contribution in [2.24, 2.45) is 11.7 Å². The summed E-state index contributed by atoms with van der Waals surface area (Å²) in [6.07, 6.45) is 0.782. The van der Waals surface area contributed by atoms with E-state index in [1.807, 2.05) is 6.92 Å². The van der Waals surface area contributed by atoms with Crippen LogP contribution in [0.25, 0.3) is 0 Å². The van der Waals surface area contributed by atoms with Gasteiger partial charge in [0.1, 0.15) is 0 Å². The van der Waals surface area contributed by atoms with Gasteiger partial charge in [-0.1, -0.05) is 19.1 Å². The van der Waals surface area contributed by atoms with Gasteiger partial charge in [0.25, 0.3) is 0 Å². The molecule has 1 aromatic rings. The van der Waals surface area contributed by atoms with Gasteiger partial charge < -0.3 is 10.8 Å². The minimum absolute atomic E-state index is 0.139. The SMILES string of the molecule is Cc1cc(CN)ccc1S(=O)(=O)N1CCC(C)C1CO. The fourth-order valence-corrected chi connectivity index (χ4v) is 4.73. The summed E-state index contributed by atoms with van der Waals surface area (Å²) >= 11 is 0. The molecule has 0 saturated carbocycles. The lowest BCUT2D eigenvalue weighted by Crippen LogP contribution is -2.40. The van der Waals surface area contributed by atoms with Crippen LogP contribution in [0.2, 0.25) is 0 Å². The van der Waals surface area contributed by atoms with Gasteiger partial charge >= 0.3 is 0 Å². The lowest BCUT2D eigenvalue weighted by atomic mass is 10.0. The number of aliphatic hydroxyl groups excluding tert-OH is 1. The Bertz CT molecular complexity index is 586. The van der Waals surface area contributed by atoms with Crippen LogP contribution >= 0.6 is 0 Å². The Hall–Kier alpha value is -0.950. The minimum Gasteiger partial charge on any atom is -0.395 e. The molecule has 2 rings (SSSR count). The van der Waals surface area contributed by atoms with Crippen LogP contribution in [0.5, 0.6) is 0 Å². The predicted octanol–water partition coefficient (Wildman–Crippen LogP) is 0.845. The summed E-state index contributed by atoms with van der Waals surface area (Å²) in [6, 6.07) is 4.84. The maximum atomic E-state index is 12.8. The summed E-state index contributed by atoms with van der Waals surface area (Å²) < 4.78 is 26.9. The number of nitrogens with zero attached hydrogens (tertiary/aromatic N) is 1. The number of aliphatic hydroxyl groups is 1. The second-order valence-electron chi connectivity index (χ2n) is 5.44. The Morgan fingerprint density at radius 3 is 2.70 bits per heavy atom. The van der Waals surface area contributed by atoms with Gasteiger partial charge in [-0.2, -0.15) is 4.31 Å². The zero-order valence-electron chi connectivity index (χ0n) is 11.9. The number of aryl methyl sites for hydroxylation is 1. The predicted molar refractivity (Wildman–Crippen MR) is 77.6 cm³/mol. The molecule has 1 saturated heterocycles. The molecule has 112 valence electrons. The van der Waals surface area contributed by atoms with Gasteiger partial charge in [-0.05, 0) is 36.5 Å². The highest BCUT2D eigenvalue weighted by Gasteiger charge is 2.39. The molecule has 1 aromatic carbocycles. The van der Waals surface area contributed by atoms with Gasteiger partial charge in [0, 0.05) is 13.1 Å². The fourth-order valence-electron chi connectivity index (χ4n) is 2.80. The smallest absolute Gasteiger partial charge is 0.243 e. The molecule has 0 amide bonds. The third-order valence-electron chi connectivity index (χ3n) is 4.08. The van der Waals surface area contributed by atoms with Crippen molar-refractivity contribution < 1.29 is 13.5 Å². The lowest BCUT2D eigenvalue weighted by molar-refractivity contribution is 0.191. The summed E-state index contributed by atoms with van der Waals surface area (Å²) in [4.78, 5) is 0.308. The molecular formula is C14H22N2O3S. The lowest BCUT2D eigenvalue weighted by Gasteiger charge is -2.25. The standard InChI is InChI=1S/C14H22N2O3S/c1-10-5-6-16(13(10)9-17)20(18,19)14-4-3-12(8-15)7-11(14)2/h3-4,7,10,13,17H,5-6,8-9,15H2,1-2H3. The Balaban J connectivity index is 2.40. The van der Waals surface area contributed by atoms with Crippen molar-refractivity contribution >= 4 is 10.0 Å². The van der Waals surface area contributed by atoms with Crippen molar-refractivity contribution in [3.8, 4) is 0 Å². The van der Waals surface area contributed by atoms with E-state index in [2.05, 4.69) is 0 Å². The van der Waals surface area contributed by atoms with Crippen molar-refractivity contribution in [2.75, 3.05) is 13.2 Å². The zero-order chi connectivity index (χ0) is 14.9. The van der Waals surface area contributed by atoms with E-state index in [1.165, 1.54) is 4.31 Å². The number of sulfonamides is 1. The average molecular weight is 298 g/mol. The Morgan fingerprint density at radius 2 is 2.15 bits per heavy atom. The molecule has 0 bridgehead atoms. The first-order chi connectivity index (χ1) is 9.41. The Kier molecular flexibility index (Phi) is 4.49. The molecule has 5 nitrogen and oxygen atoms in total. The highest BCUT2D eigenvalue weighted by atomic mass is 32.2. The molecule has 0 radical (unpaired) electrons. The summed E-state index contributed by atoms with van der Waals surface area (Å²) in [6.45, 7) is 4.47. The highest BCUT2D eigenvalue weighted by molar-refractivity contribution is 7.89. The van der Waals surface area contributed by atoms with Crippen LogP contribution in [0.15, 0.2) is 23.1 Å². The van der Waals surface area contributed by atoms with Crippen LogP contribution in [-0.2, 0) is 16.6 Å². The largest absolute Gasteiger partial charge is 0.395 e. The Morgan fingerprint density at radius 1 is 1.45 bits per heavy atom. The van der Waals surface area contributed by atoms with E-state index >= 15 is 0 Å². The molecule has 20 heavy (non-hydrogen) atoms. The number of hydrogen-bond acceptors (Lipinski definition) is 4. The fraction of sp³-hybridized carbons (Fsp3) is 0.571. The first-order valence-corrected chi connectivity index (χ1v) is 8.28. The molecule has 1 aliphatic heterocycles. The van der Waals surface area contributed by atoms with E-state index in [0.717, 1.165) is 12.0 Å². The monoisotopic (exact) mass is 298 g/mol. The molecule has 2 atom stereocenters. The van der Waals surface area contributed by atoms with Gasteiger partial charge in [-0.3, -0.25) is 0 Å². The van der Waals surface area contributed by atoms with Crippen LogP contribution < -0.4 is 5.73 Å². The van der Waals surface area contributed by atoms with Crippen LogP contribution in [0, 0.1) is 12.8 Å². The average Bonchev–Trinajstić information content (AvgIpc) is 2.79. The molecule has 0 aliphatic carbocycles. The van der Waals surface area contributed by atoms with E-state index < -0.39 is 10.0 Å². The second-order valence-corrected chi connectivity index (χ2v) is 7.29. The summed E-state index contributed by atoms with van der Waals surface area (Å²) in [5, 5.41) is 9.45. The van der Waals surface area contributed by atoms with E-state index in [9.17, 15) is 13.5 Å². The molecular weight excluding hydrogens is 276 g/mol. The van der Waals surface area contributed by atoms with Gasteiger partial charge in [-0.25, -0.2) is 8.42 Å². The van der Waals surface area contributed by atoms with Gasteiger partial charge in [0.15, 0.2) is 0 Å². The highest BCUT2D eigenvalue weighted by Crippen LogP contribution is 2.31. The maximum absolute atomic E-state index is 12.8. The van der Waals surface area contributed by atoms with Crippen LogP contribution in [0.1, 0.15) is 24.5 Å². The van der Waals surface area contributed by atoms with Crippen LogP contribution in [0.3, 0.4) is 0 Å². The number of nitrogens with two attached hydrogens (primary N) is 1. The quantitative estimate of drug-likeness (QED) is 0.863. The molecule has 1 aliphatic rings. The summed E-state index contributed by atoms with van der Waals surface area (Å²) in [5.74, 6) is 0.179. The molecule has 2 unspecified atom stereocenters. The zero-order valence-corrected chi connectivity index (χ0v) is 12.7. The van der Waals surface area contributed by atoms with Crippen LogP contribution in [-0.4, -0.2) is 37.0 Å². The van der Waals surface area contributed by atoms with Gasteiger partial charge in [0.2, 0.25) is 10.0 Å². The third kappa shape index (κ3) is 2.61. The molecule has 0 spiro atoms. The van der Waals surface area contributed by atoms with Gasteiger partial charge in [-0.15, -0.1) is 0 Å². The third-order valence-corrected chi connectivity index (χ3v) is 6.17. The Labute approximate surface area is 120 Å². The molecule has 0 aromatic heterocycles. The first kappa shape index (κ1) is 15.4. The topological polar surface area (TPSA) is 83.6 Å². The van der Waals surface area contributed by atoms with Crippen molar-refractivity contribution in [1.29, 1.82) is 0 Å². The molecule has 1 heterocycles. The van der Waals surface area contributed by atoms with Crippen molar-refractivity contribution in [2.45, 2.75) is 37.8 Å². The van der Waals surface area contributed by atoms with Crippen LogP contribution in [0.4, 0.5) is 0 Å². The minimum atomic E-state index is -3.56. The van der Waals surface area contributed by atoms with Crippen molar-refractivity contribution in [3.63, 3.8) is 0 Å². The van der Waals surface area contributed by atoms with E-state index in [4.69, 9.17) is 5.73 Å². The number of benzene rings is 1. The number of hydrogen-bond donors (Lipinski definition) is 2. The molecule has 6 heteroatoms. The van der Waals surface area contributed by atoms with Crippen molar-refractivity contribution in [1.82, 2.24) is 4.31 Å². The first-order valence-electron chi connectivity index (χ1n) is 6.84. The molecule has 3 N–H and O–H groups in total. The number of rotatable bonds is 4. The summed E-state index contributed by atoms with van der Waals surface area (Å²) in [5.41, 5.74) is 7.18. The second kappa shape index (κ2) is 5.81. The van der Waals surface area contributed by atoms with E-state index in [-0.39, 0.29) is 18.6 Å². The normalized spacial score (nSPS) is 24.2.